The predicted molar refractivity (Wildman–Crippen MR) is 107 cm³/mol. The van der Waals surface area contributed by atoms with Crippen LogP contribution >= 0.6 is 0 Å². The van der Waals surface area contributed by atoms with Crippen molar-refractivity contribution in [2.75, 3.05) is 0 Å². The molecule has 0 saturated carbocycles. The van der Waals surface area contributed by atoms with Gasteiger partial charge in [-0.25, -0.2) is 4.98 Å². The van der Waals surface area contributed by atoms with E-state index >= 15 is 0 Å². The number of rotatable bonds is 3. The van der Waals surface area contributed by atoms with Gasteiger partial charge < -0.3 is 4.40 Å². The molecule has 2 aromatic heterocycles. The lowest BCUT2D eigenvalue weighted by molar-refractivity contribution is 1.03. The maximum Gasteiger partial charge on any atom is 0.137 e. The molecule has 3 aromatic carbocycles. The standard InChI is InChI=1S/C24H18N2/c1-2-10-19(11-3-1)24-22(26-16-7-6-15-23(26)25-24)17-20-13-8-12-18-9-4-5-14-21(18)20/h1-16H,17H2. The first kappa shape index (κ1) is 14.9. The Hall–Kier alpha value is -3.39. The number of hydrogen-bond donors (Lipinski definition) is 0. The molecular formula is C24H18N2. The van der Waals surface area contributed by atoms with E-state index in [4.69, 9.17) is 4.98 Å². The first-order valence-electron chi connectivity index (χ1n) is 8.88. The molecule has 0 unspecified atom stereocenters. The van der Waals surface area contributed by atoms with Crippen molar-refractivity contribution in [2.45, 2.75) is 6.42 Å². The summed E-state index contributed by atoms with van der Waals surface area (Å²) in [6.07, 6.45) is 2.95. The summed E-state index contributed by atoms with van der Waals surface area (Å²) < 4.78 is 2.21. The molecule has 0 spiro atoms. The molecule has 0 fully saturated rings. The monoisotopic (exact) mass is 334 g/mol. The van der Waals surface area contributed by atoms with Gasteiger partial charge in [0.2, 0.25) is 0 Å². The van der Waals surface area contributed by atoms with Crippen LogP contribution < -0.4 is 0 Å². The fourth-order valence-corrected chi connectivity index (χ4v) is 3.67. The molecule has 0 N–H and O–H groups in total. The molecule has 0 saturated heterocycles. The van der Waals surface area contributed by atoms with Crippen LogP contribution in [0.4, 0.5) is 0 Å². The molecule has 5 aromatic rings. The third kappa shape index (κ3) is 2.47. The van der Waals surface area contributed by atoms with Gasteiger partial charge in [0.15, 0.2) is 0 Å². The van der Waals surface area contributed by atoms with Crippen LogP contribution in [-0.2, 0) is 6.42 Å². The Kier molecular flexibility index (Phi) is 3.53. The van der Waals surface area contributed by atoms with Crippen molar-refractivity contribution in [3.8, 4) is 11.3 Å². The second kappa shape index (κ2) is 6.16. The normalized spacial score (nSPS) is 11.2. The van der Waals surface area contributed by atoms with E-state index in [1.807, 2.05) is 12.1 Å². The third-order valence-corrected chi connectivity index (χ3v) is 4.91. The first-order valence-corrected chi connectivity index (χ1v) is 8.88. The van der Waals surface area contributed by atoms with Gasteiger partial charge in [-0.2, -0.15) is 0 Å². The van der Waals surface area contributed by atoms with E-state index in [2.05, 4.69) is 89.5 Å². The smallest absolute Gasteiger partial charge is 0.137 e. The summed E-state index contributed by atoms with van der Waals surface area (Å²) in [5.41, 5.74) is 5.76. The molecule has 2 nitrogen and oxygen atoms in total. The Bertz CT molecular complexity index is 1200. The van der Waals surface area contributed by atoms with Crippen molar-refractivity contribution in [2.24, 2.45) is 0 Å². The summed E-state index contributed by atoms with van der Waals surface area (Å²) in [6, 6.07) is 31.7. The van der Waals surface area contributed by atoms with Crippen molar-refractivity contribution < 1.29 is 0 Å². The summed E-state index contributed by atoms with van der Waals surface area (Å²) in [5, 5.41) is 2.58. The maximum absolute atomic E-state index is 4.92. The van der Waals surface area contributed by atoms with E-state index in [0.717, 1.165) is 23.3 Å². The Labute approximate surface area is 152 Å². The zero-order valence-corrected chi connectivity index (χ0v) is 14.3. The number of imidazole rings is 1. The van der Waals surface area contributed by atoms with Crippen molar-refractivity contribution in [3.05, 3.63) is 108 Å². The zero-order valence-electron chi connectivity index (χ0n) is 14.3. The van der Waals surface area contributed by atoms with E-state index in [1.165, 1.54) is 22.0 Å². The molecule has 0 aliphatic carbocycles. The number of hydrogen-bond acceptors (Lipinski definition) is 1. The average Bonchev–Trinajstić information content (AvgIpc) is 3.08. The summed E-state index contributed by atoms with van der Waals surface area (Å²) >= 11 is 0. The number of pyridine rings is 1. The number of fused-ring (bicyclic) bond motifs is 2. The topological polar surface area (TPSA) is 17.3 Å². The highest BCUT2D eigenvalue weighted by molar-refractivity contribution is 5.86. The molecule has 2 heterocycles. The minimum absolute atomic E-state index is 0.844. The van der Waals surface area contributed by atoms with Gasteiger partial charge in [-0.05, 0) is 28.5 Å². The Morgan fingerprint density at radius 1 is 0.692 bits per heavy atom. The van der Waals surface area contributed by atoms with Crippen LogP contribution in [0.15, 0.2) is 97.2 Å². The highest BCUT2D eigenvalue weighted by atomic mass is 15.0. The molecule has 0 bridgehead atoms. The van der Waals surface area contributed by atoms with Gasteiger partial charge in [-0.1, -0.05) is 78.9 Å². The molecule has 5 rings (SSSR count). The number of benzene rings is 3. The van der Waals surface area contributed by atoms with Crippen LogP contribution in [-0.4, -0.2) is 9.38 Å². The predicted octanol–water partition coefficient (Wildman–Crippen LogP) is 5.75. The average molecular weight is 334 g/mol. The second-order valence-electron chi connectivity index (χ2n) is 6.52. The molecule has 26 heavy (non-hydrogen) atoms. The van der Waals surface area contributed by atoms with Crippen molar-refractivity contribution >= 4 is 16.4 Å². The van der Waals surface area contributed by atoms with Gasteiger partial charge in [0, 0.05) is 18.2 Å². The maximum atomic E-state index is 4.92. The van der Waals surface area contributed by atoms with E-state index in [-0.39, 0.29) is 0 Å². The lowest BCUT2D eigenvalue weighted by Gasteiger charge is -2.09. The summed E-state index contributed by atoms with van der Waals surface area (Å²) in [5.74, 6) is 0. The zero-order chi connectivity index (χ0) is 17.3. The highest BCUT2D eigenvalue weighted by Crippen LogP contribution is 2.28. The largest absolute Gasteiger partial charge is 0.303 e. The molecule has 0 aliphatic rings. The number of nitrogens with zero attached hydrogens (tertiary/aromatic N) is 2. The van der Waals surface area contributed by atoms with Crippen molar-refractivity contribution in [3.63, 3.8) is 0 Å². The lowest BCUT2D eigenvalue weighted by atomic mass is 9.99. The van der Waals surface area contributed by atoms with Gasteiger partial charge >= 0.3 is 0 Å². The fourth-order valence-electron chi connectivity index (χ4n) is 3.67. The van der Waals surface area contributed by atoms with E-state index in [9.17, 15) is 0 Å². The SMILES string of the molecule is c1ccc(-c2nc3ccccn3c2Cc2cccc3ccccc23)cc1. The van der Waals surface area contributed by atoms with Crippen LogP contribution in [0.3, 0.4) is 0 Å². The van der Waals surface area contributed by atoms with Crippen LogP contribution in [0.5, 0.6) is 0 Å². The van der Waals surface area contributed by atoms with Crippen LogP contribution in [0.25, 0.3) is 27.7 Å². The highest BCUT2D eigenvalue weighted by Gasteiger charge is 2.15. The molecule has 0 atom stereocenters. The molecule has 2 heteroatoms. The summed E-state index contributed by atoms with van der Waals surface area (Å²) in [6.45, 7) is 0. The second-order valence-corrected chi connectivity index (χ2v) is 6.52. The minimum Gasteiger partial charge on any atom is -0.303 e. The van der Waals surface area contributed by atoms with Crippen LogP contribution in [0.2, 0.25) is 0 Å². The van der Waals surface area contributed by atoms with E-state index in [1.54, 1.807) is 0 Å². The van der Waals surface area contributed by atoms with Gasteiger partial charge in [0.25, 0.3) is 0 Å². The third-order valence-electron chi connectivity index (χ3n) is 4.91. The first-order chi connectivity index (χ1) is 12.9. The molecule has 0 amide bonds. The Morgan fingerprint density at radius 3 is 2.38 bits per heavy atom. The van der Waals surface area contributed by atoms with Gasteiger partial charge in [-0.15, -0.1) is 0 Å². The molecule has 0 aliphatic heterocycles. The molecular weight excluding hydrogens is 316 g/mol. The fraction of sp³-hybridized carbons (Fsp3) is 0.0417. The molecule has 124 valence electrons. The Morgan fingerprint density at radius 2 is 1.46 bits per heavy atom. The van der Waals surface area contributed by atoms with Gasteiger partial charge in [-0.3, -0.25) is 0 Å². The lowest BCUT2D eigenvalue weighted by Crippen LogP contribution is -1.97. The Balaban J connectivity index is 1.73. The van der Waals surface area contributed by atoms with Gasteiger partial charge in [0.1, 0.15) is 5.65 Å². The summed E-state index contributed by atoms with van der Waals surface area (Å²) in [4.78, 5) is 4.92. The van der Waals surface area contributed by atoms with E-state index < -0.39 is 0 Å². The van der Waals surface area contributed by atoms with Crippen LogP contribution in [0, 0.1) is 0 Å². The molecule has 0 radical (unpaired) electrons. The van der Waals surface area contributed by atoms with Crippen molar-refractivity contribution in [1.29, 1.82) is 0 Å². The number of aromatic nitrogens is 2. The summed E-state index contributed by atoms with van der Waals surface area (Å²) in [7, 11) is 0. The van der Waals surface area contributed by atoms with Crippen molar-refractivity contribution in [1.82, 2.24) is 9.38 Å². The van der Waals surface area contributed by atoms with Gasteiger partial charge in [0.05, 0.1) is 11.4 Å². The van der Waals surface area contributed by atoms with Crippen LogP contribution in [0.1, 0.15) is 11.3 Å². The van der Waals surface area contributed by atoms with E-state index in [0.29, 0.717) is 0 Å². The quantitative estimate of drug-likeness (QED) is 0.411. The minimum atomic E-state index is 0.844.